The molecule has 6 nitrogen and oxygen atoms in total. The Hall–Kier alpha value is -2.50. The molecule has 0 unspecified atom stereocenters. The number of hydrogen-bond donors (Lipinski definition) is 0. The van der Waals surface area contributed by atoms with Gasteiger partial charge in [0, 0.05) is 36.6 Å². The first-order valence-corrected chi connectivity index (χ1v) is 6.09. The molecule has 98 valence electrons. The van der Waals surface area contributed by atoms with Gasteiger partial charge in [0.25, 0.3) is 5.95 Å². The first-order chi connectivity index (χ1) is 9.33. The first-order valence-electron chi connectivity index (χ1n) is 6.09. The van der Waals surface area contributed by atoms with Crippen molar-refractivity contribution in [1.82, 2.24) is 24.9 Å². The summed E-state index contributed by atoms with van der Waals surface area (Å²) in [6.45, 7) is 5.74. The maximum atomic E-state index is 4.90. The highest BCUT2D eigenvalue weighted by molar-refractivity contribution is 5.60. The van der Waals surface area contributed by atoms with Gasteiger partial charge in [0.15, 0.2) is 0 Å². The lowest BCUT2D eigenvalue weighted by atomic mass is 10.2. The number of rotatable bonds is 2. The van der Waals surface area contributed by atoms with Crippen LogP contribution in [0.2, 0.25) is 0 Å². The monoisotopic (exact) mass is 257 g/mol. The van der Waals surface area contributed by atoms with Crippen LogP contribution in [0.15, 0.2) is 41.4 Å². The summed E-state index contributed by atoms with van der Waals surface area (Å²) < 4.78 is 6.47. The van der Waals surface area contributed by atoms with Crippen LogP contribution in [0, 0.1) is 6.92 Å². The molecule has 0 amide bonds. The van der Waals surface area contributed by atoms with Crippen molar-refractivity contribution in [2.45, 2.75) is 20.8 Å². The SMILES string of the molecule is CC.Cc1nc(-n2cc(-c3cccnc3)cn2)no1. The maximum Gasteiger partial charge on any atom is 0.290 e. The molecule has 0 aliphatic rings. The van der Waals surface area contributed by atoms with Crippen molar-refractivity contribution in [2.75, 3.05) is 0 Å². The van der Waals surface area contributed by atoms with E-state index in [4.69, 9.17) is 4.52 Å². The number of aromatic nitrogens is 5. The fourth-order valence-corrected chi connectivity index (χ4v) is 1.50. The van der Waals surface area contributed by atoms with Crippen molar-refractivity contribution in [3.05, 3.63) is 42.8 Å². The molecular formula is C13H15N5O. The van der Waals surface area contributed by atoms with Crippen molar-refractivity contribution in [3.8, 4) is 17.1 Å². The number of aryl methyl sites for hydroxylation is 1. The van der Waals surface area contributed by atoms with E-state index in [0.29, 0.717) is 11.8 Å². The summed E-state index contributed by atoms with van der Waals surface area (Å²) in [5.74, 6) is 0.941. The maximum absolute atomic E-state index is 4.90. The van der Waals surface area contributed by atoms with Gasteiger partial charge in [-0.25, -0.2) is 4.68 Å². The van der Waals surface area contributed by atoms with Crippen molar-refractivity contribution in [1.29, 1.82) is 0 Å². The molecule has 0 atom stereocenters. The minimum atomic E-state index is 0.428. The number of nitrogens with zero attached hydrogens (tertiary/aromatic N) is 5. The van der Waals surface area contributed by atoms with E-state index in [2.05, 4.69) is 20.2 Å². The molecule has 6 heteroatoms. The Morgan fingerprint density at radius 2 is 2.00 bits per heavy atom. The Kier molecular flexibility index (Phi) is 4.02. The summed E-state index contributed by atoms with van der Waals surface area (Å²) in [5.41, 5.74) is 1.96. The van der Waals surface area contributed by atoms with Crippen LogP contribution in [0.25, 0.3) is 17.1 Å². The number of hydrogen-bond acceptors (Lipinski definition) is 5. The Balaban J connectivity index is 0.000000637. The molecule has 19 heavy (non-hydrogen) atoms. The van der Waals surface area contributed by atoms with Gasteiger partial charge in [-0.15, -0.1) is 0 Å². The predicted octanol–water partition coefficient (Wildman–Crippen LogP) is 2.65. The van der Waals surface area contributed by atoms with Gasteiger partial charge < -0.3 is 4.52 Å². The molecule has 0 bridgehead atoms. The third-order valence-corrected chi connectivity index (χ3v) is 2.30. The van der Waals surface area contributed by atoms with Crippen LogP contribution in [0.5, 0.6) is 0 Å². The van der Waals surface area contributed by atoms with Crippen LogP contribution >= 0.6 is 0 Å². The van der Waals surface area contributed by atoms with Crippen molar-refractivity contribution in [3.63, 3.8) is 0 Å². The lowest BCUT2D eigenvalue weighted by Crippen LogP contribution is -1.96. The van der Waals surface area contributed by atoms with Gasteiger partial charge in [-0.1, -0.05) is 19.9 Å². The summed E-state index contributed by atoms with van der Waals surface area (Å²) in [7, 11) is 0. The minimum Gasteiger partial charge on any atom is -0.338 e. The third kappa shape index (κ3) is 2.85. The summed E-state index contributed by atoms with van der Waals surface area (Å²) in [6.07, 6.45) is 7.09. The highest BCUT2D eigenvalue weighted by atomic mass is 16.5. The van der Waals surface area contributed by atoms with Gasteiger partial charge in [0.05, 0.1) is 6.20 Å². The lowest BCUT2D eigenvalue weighted by Gasteiger charge is -1.93. The predicted molar refractivity (Wildman–Crippen MR) is 70.7 cm³/mol. The summed E-state index contributed by atoms with van der Waals surface area (Å²) in [6, 6.07) is 3.85. The van der Waals surface area contributed by atoms with E-state index in [1.807, 2.05) is 32.2 Å². The van der Waals surface area contributed by atoms with Crippen LogP contribution in [0.3, 0.4) is 0 Å². The molecule has 0 aromatic carbocycles. The molecule has 0 saturated heterocycles. The molecule has 0 fully saturated rings. The second-order valence-electron chi connectivity index (χ2n) is 3.53. The fraction of sp³-hybridized carbons (Fsp3) is 0.231. The average molecular weight is 257 g/mol. The van der Waals surface area contributed by atoms with Gasteiger partial charge in [-0.2, -0.15) is 10.1 Å². The first kappa shape index (κ1) is 12.9. The fourth-order valence-electron chi connectivity index (χ4n) is 1.50. The second kappa shape index (κ2) is 5.90. The van der Waals surface area contributed by atoms with E-state index in [0.717, 1.165) is 11.1 Å². The van der Waals surface area contributed by atoms with Gasteiger partial charge in [-0.05, 0) is 11.2 Å². The molecule has 0 aliphatic carbocycles. The standard InChI is InChI=1S/C11H9N5O.C2H6/c1-8-14-11(15-17-8)16-7-10(6-13-16)9-3-2-4-12-5-9;1-2/h2-7H,1H3;1-2H3. The Labute approximate surface area is 111 Å². The average Bonchev–Trinajstić information content (AvgIpc) is 3.10. The van der Waals surface area contributed by atoms with Gasteiger partial charge in [-0.3, -0.25) is 4.98 Å². The molecular weight excluding hydrogens is 242 g/mol. The van der Waals surface area contributed by atoms with E-state index in [1.165, 1.54) is 0 Å². The molecule has 3 aromatic heterocycles. The van der Waals surface area contributed by atoms with E-state index < -0.39 is 0 Å². The van der Waals surface area contributed by atoms with Crippen LogP contribution in [0.4, 0.5) is 0 Å². The Bertz CT molecular complexity index is 629. The highest BCUT2D eigenvalue weighted by Gasteiger charge is 2.07. The van der Waals surface area contributed by atoms with E-state index in [1.54, 1.807) is 30.2 Å². The molecule has 0 spiro atoms. The highest BCUT2D eigenvalue weighted by Crippen LogP contribution is 2.17. The topological polar surface area (TPSA) is 69.6 Å². The van der Waals surface area contributed by atoms with Gasteiger partial charge in [0.1, 0.15) is 0 Å². The Morgan fingerprint density at radius 3 is 2.63 bits per heavy atom. The summed E-state index contributed by atoms with van der Waals surface area (Å²) in [4.78, 5) is 8.16. The van der Waals surface area contributed by atoms with Crippen LogP contribution in [-0.2, 0) is 0 Å². The van der Waals surface area contributed by atoms with Crippen molar-refractivity contribution in [2.24, 2.45) is 0 Å². The zero-order valence-corrected chi connectivity index (χ0v) is 11.1. The molecule has 0 saturated carbocycles. The number of pyridine rings is 1. The van der Waals surface area contributed by atoms with Crippen LogP contribution in [0.1, 0.15) is 19.7 Å². The van der Waals surface area contributed by atoms with Gasteiger partial charge in [0.2, 0.25) is 5.89 Å². The minimum absolute atomic E-state index is 0.428. The molecule has 3 rings (SSSR count). The van der Waals surface area contributed by atoms with E-state index in [9.17, 15) is 0 Å². The van der Waals surface area contributed by atoms with Crippen molar-refractivity contribution < 1.29 is 4.52 Å². The molecule has 0 aliphatic heterocycles. The molecule has 0 N–H and O–H groups in total. The third-order valence-electron chi connectivity index (χ3n) is 2.30. The largest absolute Gasteiger partial charge is 0.338 e. The van der Waals surface area contributed by atoms with Crippen LogP contribution in [-0.4, -0.2) is 24.9 Å². The Morgan fingerprint density at radius 1 is 1.16 bits per heavy atom. The zero-order valence-electron chi connectivity index (χ0n) is 11.1. The van der Waals surface area contributed by atoms with Crippen LogP contribution < -0.4 is 0 Å². The van der Waals surface area contributed by atoms with Crippen molar-refractivity contribution >= 4 is 0 Å². The summed E-state index contributed by atoms with van der Waals surface area (Å²) >= 11 is 0. The molecule has 0 radical (unpaired) electrons. The van der Waals surface area contributed by atoms with E-state index in [-0.39, 0.29) is 0 Å². The normalized spacial score (nSPS) is 9.84. The lowest BCUT2D eigenvalue weighted by molar-refractivity contribution is 0.389. The quantitative estimate of drug-likeness (QED) is 0.705. The zero-order chi connectivity index (χ0) is 13.7. The molecule has 3 heterocycles. The van der Waals surface area contributed by atoms with E-state index >= 15 is 0 Å². The molecule has 3 aromatic rings. The second-order valence-corrected chi connectivity index (χ2v) is 3.53. The van der Waals surface area contributed by atoms with Gasteiger partial charge >= 0.3 is 0 Å². The summed E-state index contributed by atoms with van der Waals surface area (Å²) in [5, 5.41) is 7.97. The smallest absolute Gasteiger partial charge is 0.290 e.